The van der Waals surface area contributed by atoms with Crippen LogP contribution in [0.5, 0.6) is 0 Å². The van der Waals surface area contributed by atoms with Crippen LogP contribution in [0.25, 0.3) is 0 Å². The average Bonchev–Trinajstić information content (AvgIpc) is 2.23. The molecule has 0 saturated heterocycles. The summed E-state index contributed by atoms with van der Waals surface area (Å²) < 4.78 is 5.20. The van der Waals surface area contributed by atoms with E-state index < -0.39 is 5.60 Å². The van der Waals surface area contributed by atoms with Gasteiger partial charge in [0.15, 0.2) is 0 Å². The van der Waals surface area contributed by atoms with Crippen molar-refractivity contribution in [2.75, 3.05) is 26.2 Å². The normalized spacial score (nSPS) is 13.7. The molecule has 1 amide bonds. The lowest BCUT2D eigenvalue weighted by molar-refractivity contribution is -0.151. The second-order valence-electron chi connectivity index (χ2n) is 4.15. The maximum Gasteiger partial charge on any atom is 0.254 e. The van der Waals surface area contributed by atoms with E-state index in [1.165, 1.54) is 0 Å². The third-order valence-electron chi connectivity index (χ3n) is 2.72. The van der Waals surface area contributed by atoms with E-state index in [-0.39, 0.29) is 5.91 Å². The summed E-state index contributed by atoms with van der Waals surface area (Å²) >= 11 is 1.76. The number of ether oxygens (including phenoxy) is 1. The second-order valence-corrected chi connectivity index (χ2v) is 5.06. The third-order valence-corrected chi connectivity index (χ3v) is 3.44. The molecule has 1 atom stereocenters. The molecule has 15 heavy (non-hydrogen) atoms. The van der Waals surface area contributed by atoms with Crippen LogP contribution in [0, 0.1) is 0 Å². The summed E-state index contributed by atoms with van der Waals surface area (Å²) in [5, 5.41) is 0. The average molecular weight is 233 g/mol. The number of likely N-dealkylation sites (N-methyl/N-ethyl adjacent to an activating group) is 1. The molecule has 3 nitrogen and oxygen atoms in total. The van der Waals surface area contributed by atoms with Gasteiger partial charge in [0, 0.05) is 26.0 Å². The molecule has 0 aromatic carbocycles. The molecule has 0 bridgehead atoms. The Labute approximate surface area is 97.5 Å². The Balaban J connectivity index is 4.53. The van der Waals surface area contributed by atoms with Crippen LogP contribution in [-0.4, -0.2) is 48.6 Å². The van der Waals surface area contributed by atoms with Crippen LogP contribution in [0.1, 0.15) is 27.2 Å². The van der Waals surface area contributed by atoms with Crippen molar-refractivity contribution >= 4 is 17.7 Å². The van der Waals surface area contributed by atoms with E-state index in [2.05, 4.69) is 13.2 Å². The van der Waals surface area contributed by atoms with Gasteiger partial charge in [0.1, 0.15) is 5.60 Å². The maximum atomic E-state index is 12.1. The molecule has 0 saturated carbocycles. The van der Waals surface area contributed by atoms with Gasteiger partial charge in [-0.2, -0.15) is 11.8 Å². The van der Waals surface area contributed by atoms with Gasteiger partial charge in [-0.25, -0.2) is 0 Å². The minimum atomic E-state index is -0.722. The molecule has 1 unspecified atom stereocenters. The topological polar surface area (TPSA) is 29.5 Å². The molecule has 0 heterocycles. The smallest absolute Gasteiger partial charge is 0.254 e. The summed E-state index contributed by atoms with van der Waals surface area (Å²) in [6, 6.07) is 0.293. The van der Waals surface area contributed by atoms with Crippen molar-refractivity contribution in [3.05, 3.63) is 0 Å². The number of nitrogens with zero attached hydrogens (tertiary/aromatic N) is 1. The van der Waals surface area contributed by atoms with Gasteiger partial charge in [0.2, 0.25) is 0 Å². The van der Waals surface area contributed by atoms with Crippen LogP contribution in [0.15, 0.2) is 0 Å². The standard InChI is InChI=1S/C11H23NO2S/c1-7-9(8-15-6)12(4)10(13)11(2,3)14-5/h9H,7-8H2,1-6H3. The number of carbonyl (C=O) groups is 1. The Morgan fingerprint density at radius 3 is 2.40 bits per heavy atom. The van der Waals surface area contributed by atoms with Crippen LogP contribution in [0.2, 0.25) is 0 Å². The summed E-state index contributed by atoms with van der Waals surface area (Å²) in [6.07, 6.45) is 3.03. The molecule has 0 rings (SSSR count). The molecular weight excluding hydrogens is 210 g/mol. The predicted octanol–water partition coefficient (Wildman–Crippen LogP) is 2.01. The highest BCUT2D eigenvalue weighted by Crippen LogP contribution is 2.16. The minimum absolute atomic E-state index is 0.0471. The highest BCUT2D eigenvalue weighted by molar-refractivity contribution is 7.98. The summed E-state index contributed by atoms with van der Waals surface area (Å²) in [5.74, 6) is 1.02. The largest absolute Gasteiger partial charge is 0.369 e. The van der Waals surface area contributed by atoms with E-state index in [1.54, 1.807) is 37.6 Å². The number of hydrogen-bond donors (Lipinski definition) is 0. The maximum absolute atomic E-state index is 12.1. The van der Waals surface area contributed by atoms with E-state index >= 15 is 0 Å². The number of carbonyl (C=O) groups excluding carboxylic acids is 1. The Kier molecular flexibility index (Phi) is 6.29. The zero-order chi connectivity index (χ0) is 12.1. The lowest BCUT2D eigenvalue weighted by atomic mass is 10.1. The number of amides is 1. The third kappa shape index (κ3) is 4.03. The lowest BCUT2D eigenvalue weighted by Gasteiger charge is -2.33. The van der Waals surface area contributed by atoms with Crippen molar-refractivity contribution in [2.24, 2.45) is 0 Å². The lowest BCUT2D eigenvalue weighted by Crippen LogP contribution is -2.49. The highest BCUT2D eigenvalue weighted by Gasteiger charge is 2.32. The minimum Gasteiger partial charge on any atom is -0.369 e. The van der Waals surface area contributed by atoms with E-state index in [0.29, 0.717) is 6.04 Å². The van der Waals surface area contributed by atoms with E-state index in [1.807, 2.05) is 7.05 Å². The van der Waals surface area contributed by atoms with Crippen LogP contribution in [0.4, 0.5) is 0 Å². The summed E-state index contributed by atoms with van der Waals surface area (Å²) in [4.78, 5) is 13.9. The Bertz CT molecular complexity index is 207. The first-order chi connectivity index (χ1) is 6.90. The predicted molar refractivity (Wildman–Crippen MR) is 66.3 cm³/mol. The number of hydrogen-bond acceptors (Lipinski definition) is 3. The molecule has 0 radical (unpaired) electrons. The van der Waals surface area contributed by atoms with Gasteiger partial charge in [-0.15, -0.1) is 0 Å². The number of thioether (sulfide) groups is 1. The van der Waals surface area contributed by atoms with Crippen molar-refractivity contribution < 1.29 is 9.53 Å². The SMILES string of the molecule is CCC(CSC)N(C)C(=O)C(C)(C)OC. The first-order valence-corrected chi connectivity index (χ1v) is 6.61. The summed E-state index contributed by atoms with van der Waals surface area (Å²) in [6.45, 7) is 5.71. The van der Waals surface area contributed by atoms with E-state index in [9.17, 15) is 4.79 Å². The van der Waals surface area contributed by atoms with Crippen molar-refractivity contribution in [3.8, 4) is 0 Å². The fourth-order valence-corrected chi connectivity index (χ4v) is 2.22. The zero-order valence-electron chi connectivity index (χ0n) is 10.7. The van der Waals surface area contributed by atoms with Gasteiger partial charge in [-0.05, 0) is 26.5 Å². The molecule has 0 aliphatic heterocycles. The summed E-state index contributed by atoms with van der Waals surface area (Å²) in [7, 11) is 3.43. The van der Waals surface area contributed by atoms with Crippen molar-refractivity contribution in [2.45, 2.75) is 38.8 Å². The fourth-order valence-electron chi connectivity index (χ4n) is 1.37. The number of rotatable bonds is 6. The monoisotopic (exact) mass is 233 g/mol. The van der Waals surface area contributed by atoms with Gasteiger partial charge in [-0.1, -0.05) is 6.92 Å². The molecule has 90 valence electrons. The molecule has 0 spiro atoms. The first kappa shape index (κ1) is 14.8. The van der Waals surface area contributed by atoms with Crippen LogP contribution >= 0.6 is 11.8 Å². The molecule has 0 aliphatic carbocycles. The Morgan fingerprint density at radius 2 is 2.07 bits per heavy atom. The highest BCUT2D eigenvalue weighted by atomic mass is 32.2. The molecular formula is C11H23NO2S. The Morgan fingerprint density at radius 1 is 1.53 bits per heavy atom. The van der Waals surface area contributed by atoms with Gasteiger partial charge in [-0.3, -0.25) is 4.79 Å². The quantitative estimate of drug-likeness (QED) is 0.703. The van der Waals surface area contributed by atoms with Crippen LogP contribution in [0.3, 0.4) is 0 Å². The Hall–Kier alpha value is -0.220. The second kappa shape index (κ2) is 6.38. The van der Waals surface area contributed by atoms with Gasteiger partial charge >= 0.3 is 0 Å². The molecule has 0 N–H and O–H groups in total. The summed E-state index contributed by atoms with van der Waals surface area (Å²) in [5.41, 5.74) is -0.722. The van der Waals surface area contributed by atoms with Gasteiger partial charge in [0.25, 0.3) is 5.91 Å². The fraction of sp³-hybridized carbons (Fsp3) is 0.909. The van der Waals surface area contributed by atoms with Crippen molar-refractivity contribution in [1.29, 1.82) is 0 Å². The van der Waals surface area contributed by atoms with Crippen molar-refractivity contribution in [1.82, 2.24) is 4.90 Å². The molecule has 0 aromatic heterocycles. The van der Waals surface area contributed by atoms with E-state index in [4.69, 9.17) is 4.74 Å². The van der Waals surface area contributed by atoms with Gasteiger partial charge in [0.05, 0.1) is 0 Å². The molecule has 4 heteroatoms. The molecule has 0 aliphatic rings. The van der Waals surface area contributed by atoms with E-state index in [0.717, 1.165) is 12.2 Å². The molecule has 0 fully saturated rings. The van der Waals surface area contributed by atoms with Crippen LogP contribution < -0.4 is 0 Å². The first-order valence-electron chi connectivity index (χ1n) is 5.22. The zero-order valence-corrected chi connectivity index (χ0v) is 11.5. The van der Waals surface area contributed by atoms with Crippen LogP contribution in [-0.2, 0) is 9.53 Å². The number of methoxy groups -OCH3 is 1. The van der Waals surface area contributed by atoms with Gasteiger partial charge < -0.3 is 9.64 Å². The van der Waals surface area contributed by atoms with Crippen molar-refractivity contribution in [3.63, 3.8) is 0 Å². The molecule has 0 aromatic rings.